The summed E-state index contributed by atoms with van der Waals surface area (Å²) in [7, 11) is 0. The number of nitrogens with two attached hydrogens (primary N) is 1. The molecule has 0 aromatic rings. The molecule has 1 fully saturated rings. The molecule has 0 bridgehead atoms. The van der Waals surface area contributed by atoms with Crippen molar-refractivity contribution in [2.24, 2.45) is 11.7 Å². The minimum atomic E-state index is -0.690. The third-order valence-corrected chi connectivity index (χ3v) is 3.79. The van der Waals surface area contributed by atoms with Crippen LogP contribution in [0.4, 0.5) is 0 Å². The van der Waals surface area contributed by atoms with Crippen LogP contribution in [0.1, 0.15) is 33.1 Å². The lowest BCUT2D eigenvalue weighted by Crippen LogP contribution is -2.53. The van der Waals surface area contributed by atoms with E-state index in [2.05, 4.69) is 4.90 Å². The molecule has 1 aliphatic heterocycles. The van der Waals surface area contributed by atoms with E-state index in [4.69, 9.17) is 5.73 Å². The minimum absolute atomic E-state index is 0.474. The van der Waals surface area contributed by atoms with Crippen LogP contribution in [0.3, 0.4) is 0 Å². The summed E-state index contributed by atoms with van der Waals surface area (Å²) >= 11 is 0. The third-order valence-electron chi connectivity index (χ3n) is 3.79. The molecule has 15 heavy (non-hydrogen) atoms. The first-order valence-corrected chi connectivity index (χ1v) is 5.79. The second-order valence-corrected chi connectivity index (χ2v) is 4.38. The summed E-state index contributed by atoms with van der Waals surface area (Å²) in [5, 5.41) is 9.37. The van der Waals surface area contributed by atoms with Crippen molar-refractivity contribution >= 4 is 5.97 Å². The first kappa shape index (κ1) is 12.5. The van der Waals surface area contributed by atoms with E-state index in [-0.39, 0.29) is 0 Å². The maximum atomic E-state index is 11.4. The predicted octanol–water partition coefficient (Wildman–Crippen LogP) is 0.910. The Labute approximate surface area is 91.4 Å². The Morgan fingerprint density at radius 3 is 2.47 bits per heavy atom. The number of likely N-dealkylation sites (tertiary alicyclic amines) is 1. The van der Waals surface area contributed by atoms with Crippen molar-refractivity contribution < 1.29 is 9.90 Å². The van der Waals surface area contributed by atoms with Gasteiger partial charge in [0.25, 0.3) is 0 Å². The highest BCUT2D eigenvalue weighted by molar-refractivity contribution is 5.78. The maximum Gasteiger partial charge on any atom is 0.324 e. The number of carboxylic acids is 1. The van der Waals surface area contributed by atoms with Crippen molar-refractivity contribution in [3.8, 4) is 0 Å². The zero-order chi connectivity index (χ0) is 11.5. The number of rotatable bonds is 5. The quantitative estimate of drug-likeness (QED) is 0.714. The summed E-state index contributed by atoms with van der Waals surface area (Å²) in [4.78, 5) is 13.5. The molecule has 3 N–H and O–H groups in total. The number of carboxylic acid groups (broad SMARTS) is 1. The van der Waals surface area contributed by atoms with Gasteiger partial charge >= 0.3 is 5.97 Å². The van der Waals surface area contributed by atoms with Crippen LogP contribution in [0.5, 0.6) is 0 Å². The van der Waals surface area contributed by atoms with Gasteiger partial charge in [0.1, 0.15) is 5.54 Å². The standard InChI is InChI=1S/C11H22N2O2/c1-3-11(4-2,10(14)15)13-6-5-9(7-12)8-13/h9H,3-8,12H2,1-2H3,(H,14,15). The van der Waals surface area contributed by atoms with Crippen LogP contribution in [0.15, 0.2) is 0 Å². The van der Waals surface area contributed by atoms with E-state index in [0.29, 0.717) is 25.3 Å². The summed E-state index contributed by atoms with van der Waals surface area (Å²) < 4.78 is 0. The van der Waals surface area contributed by atoms with Crippen LogP contribution in [-0.2, 0) is 4.79 Å². The van der Waals surface area contributed by atoms with E-state index < -0.39 is 11.5 Å². The van der Waals surface area contributed by atoms with Crippen molar-refractivity contribution in [1.29, 1.82) is 0 Å². The monoisotopic (exact) mass is 214 g/mol. The zero-order valence-electron chi connectivity index (χ0n) is 9.70. The van der Waals surface area contributed by atoms with Gasteiger partial charge in [-0.1, -0.05) is 13.8 Å². The van der Waals surface area contributed by atoms with Gasteiger partial charge in [-0.2, -0.15) is 0 Å². The number of hydrogen-bond acceptors (Lipinski definition) is 3. The molecule has 0 radical (unpaired) electrons. The van der Waals surface area contributed by atoms with Crippen LogP contribution in [0, 0.1) is 5.92 Å². The molecule has 0 amide bonds. The van der Waals surface area contributed by atoms with Crippen molar-refractivity contribution in [3.63, 3.8) is 0 Å². The zero-order valence-corrected chi connectivity index (χ0v) is 9.70. The molecule has 1 atom stereocenters. The molecule has 0 spiro atoms. The van der Waals surface area contributed by atoms with E-state index in [9.17, 15) is 9.90 Å². The van der Waals surface area contributed by atoms with Gasteiger partial charge in [0.2, 0.25) is 0 Å². The topological polar surface area (TPSA) is 66.6 Å². The van der Waals surface area contributed by atoms with Crippen LogP contribution in [0.2, 0.25) is 0 Å². The summed E-state index contributed by atoms with van der Waals surface area (Å²) in [5.74, 6) is -0.216. The molecule has 4 nitrogen and oxygen atoms in total. The highest BCUT2D eigenvalue weighted by atomic mass is 16.4. The minimum Gasteiger partial charge on any atom is -0.480 e. The summed E-state index contributed by atoms with van der Waals surface area (Å²) in [5.41, 5.74) is 4.96. The Morgan fingerprint density at radius 1 is 1.53 bits per heavy atom. The van der Waals surface area contributed by atoms with Gasteiger partial charge in [-0.05, 0) is 38.3 Å². The molecule has 1 aliphatic rings. The lowest BCUT2D eigenvalue weighted by atomic mass is 9.91. The number of hydrogen-bond donors (Lipinski definition) is 2. The Kier molecular flexibility index (Phi) is 4.11. The number of aliphatic carboxylic acids is 1. The van der Waals surface area contributed by atoms with Crippen molar-refractivity contribution in [3.05, 3.63) is 0 Å². The van der Waals surface area contributed by atoms with E-state index >= 15 is 0 Å². The van der Waals surface area contributed by atoms with Crippen LogP contribution in [0.25, 0.3) is 0 Å². The second kappa shape index (κ2) is 4.94. The highest BCUT2D eigenvalue weighted by Crippen LogP contribution is 2.30. The van der Waals surface area contributed by atoms with Crippen molar-refractivity contribution in [2.75, 3.05) is 19.6 Å². The lowest BCUT2D eigenvalue weighted by Gasteiger charge is -2.36. The van der Waals surface area contributed by atoms with Gasteiger partial charge in [0, 0.05) is 6.54 Å². The van der Waals surface area contributed by atoms with Gasteiger partial charge in [-0.25, -0.2) is 0 Å². The van der Waals surface area contributed by atoms with Crippen molar-refractivity contribution in [2.45, 2.75) is 38.6 Å². The molecule has 4 heteroatoms. The fourth-order valence-corrected chi connectivity index (χ4v) is 2.55. The Bertz CT molecular complexity index is 227. The third kappa shape index (κ3) is 2.16. The lowest BCUT2D eigenvalue weighted by molar-refractivity contribution is -0.151. The number of carbonyl (C=O) groups is 1. The first-order valence-electron chi connectivity index (χ1n) is 5.79. The van der Waals surface area contributed by atoms with Crippen LogP contribution < -0.4 is 5.73 Å². The fourth-order valence-electron chi connectivity index (χ4n) is 2.55. The van der Waals surface area contributed by atoms with Crippen LogP contribution in [-0.4, -0.2) is 41.1 Å². The van der Waals surface area contributed by atoms with Gasteiger partial charge < -0.3 is 10.8 Å². The Morgan fingerprint density at radius 2 is 2.13 bits per heavy atom. The molecule has 0 aromatic heterocycles. The van der Waals surface area contributed by atoms with Gasteiger partial charge in [-0.15, -0.1) is 0 Å². The molecule has 0 aromatic carbocycles. The first-order chi connectivity index (χ1) is 7.10. The van der Waals surface area contributed by atoms with E-state index in [1.165, 1.54) is 0 Å². The highest BCUT2D eigenvalue weighted by Gasteiger charge is 2.43. The molecular formula is C11H22N2O2. The number of nitrogens with zero attached hydrogens (tertiary/aromatic N) is 1. The molecule has 1 heterocycles. The van der Waals surface area contributed by atoms with Gasteiger partial charge in [0.15, 0.2) is 0 Å². The molecule has 1 saturated heterocycles. The normalized spacial score (nSPS) is 23.3. The average molecular weight is 214 g/mol. The predicted molar refractivity (Wildman–Crippen MR) is 59.7 cm³/mol. The fraction of sp³-hybridized carbons (Fsp3) is 0.909. The van der Waals surface area contributed by atoms with E-state index in [1.54, 1.807) is 0 Å². The van der Waals surface area contributed by atoms with E-state index in [0.717, 1.165) is 19.5 Å². The summed E-state index contributed by atoms with van der Waals surface area (Å²) in [6.45, 7) is 6.28. The molecule has 1 rings (SSSR count). The largest absolute Gasteiger partial charge is 0.480 e. The average Bonchev–Trinajstić information content (AvgIpc) is 2.69. The molecule has 0 aliphatic carbocycles. The second-order valence-electron chi connectivity index (χ2n) is 4.38. The molecule has 1 unspecified atom stereocenters. The van der Waals surface area contributed by atoms with Crippen molar-refractivity contribution in [1.82, 2.24) is 4.90 Å². The molecule has 88 valence electrons. The van der Waals surface area contributed by atoms with Gasteiger partial charge in [-0.3, -0.25) is 9.69 Å². The molecule has 0 saturated carbocycles. The SMILES string of the molecule is CCC(CC)(C(=O)O)N1CCC(CN)C1. The molecular weight excluding hydrogens is 192 g/mol. The Hall–Kier alpha value is -0.610. The summed E-state index contributed by atoms with van der Waals surface area (Å²) in [6, 6.07) is 0. The maximum absolute atomic E-state index is 11.4. The van der Waals surface area contributed by atoms with Gasteiger partial charge in [0.05, 0.1) is 0 Å². The smallest absolute Gasteiger partial charge is 0.324 e. The summed E-state index contributed by atoms with van der Waals surface area (Å²) in [6.07, 6.45) is 2.36. The Balaban J connectivity index is 2.78. The van der Waals surface area contributed by atoms with E-state index in [1.807, 2.05) is 13.8 Å². The van der Waals surface area contributed by atoms with Crippen LogP contribution >= 0.6 is 0 Å².